The third-order valence-electron chi connectivity index (χ3n) is 4.40. The van der Waals surface area contributed by atoms with Crippen molar-refractivity contribution < 1.29 is 8.42 Å². The van der Waals surface area contributed by atoms with Gasteiger partial charge in [-0.1, -0.05) is 47.5 Å². The fourth-order valence-corrected chi connectivity index (χ4v) is 4.29. The van der Waals surface area contributed by atoms with Crippen LogP contribution in [0.15, 0.2) is 57.8 Å². The van der Waals surface area contributed by atoms with E-state index in [-0.39, 0.29) is 17.0 Å². The summed E-state index contributed by atoms with van der Waals surface area (Å²) in [7, 11) is -3.77. The van der Waals surface area contributed by atoms with Crippen molar-refractivity contribution in [2.45, 2.75) is 64.9 Å². The smallest absolute Gasteiger partial charge is 0.283 e. The summed E-state index contributed by atoms with van der Waals surface area (Å²) in [6, 6.07) is 15.2. The summed E-state index contributed by atoms with van der Waals surface area (Å²) >= 11 is 0. The quantitative estimate of drug-likeness (QED) is 0.532. The Hall–Kier alpha value is -2.14. The van der Waals surface area contributed by atoms with Crippen LogP contribution in [0.2, 0.25) is 0 Å². The van der Waals surface area contributed by atoms with Gasteiger partial charge < -0.3 is 4.90 Å². The second kappa shape index (κ2) is 8.70. The summed E-state index contributed by atoms with van der Waals surface area (Å²) in [4.78, 5) is 2.30. The van der Waals surface area contributed by atoms with Gasteiger partial charge in [-0.15, -0.1) is 4.40 Å². The van der Waals surface area contributed by atoms with E-state index in [0.717, 1.165) is 16.7 Å². The standard InChI is InChI=1S/C22H30N2O2S/c1-16(2)24(17(3)4)22(15-20-9-7-8-19(6)14-20)23-27(25,26)21-12-10-18(5)11-13-21/h7-14,16-17H,15H2,1-6H3/b23-22-. The Bertz CT molecular complexity index is 890. The van der Waals surface area contributed by atoms with Gasteiger partial charge in [0.05, 0.1) is 4.90 Å². The molecule has 0 unspecified atom stereocenters. The number of hydrogen-bond donors (Lipinski definition) is 0. The van der Waals surface area contributed by atoms with Gasteiger partial charge in [-0.3, -0.25) is 0 Å². The Morgan fingerprint density at radius 2 is 1.52 bits per heavy atom. The molecule has 0 aliphatic heterocycles. The van der Waals surface area contributed by atoms with Crippen LogP contribution in [-0.2, 0) is 16.4 Å². The van der Waals surface area contributed by atoms with E-state index in [9.17, 15) is 8.42 Å². The van der Waals surface area contributed by atoms with Crippen molar-refractivity contribution in [1.82, 2.24) is 4.90 Å². The minimum Gasteiger partial charge on any atom is -0.354 e. The number of aryl methyl sites for hydroxylation is 2. The molecule has 5 heteroatoms. The lowest BCUT2D eigenvalue weighted by Gasteiger charge is -2.34. The Kier molecular flexibility index (Phi) is 6.82. The summed E-state index contributed by atoms with van der Waals surface area (Å²) < 4.78 is 30.2. The lowest BCUT2D eigenvalue weighted by atomic mass is 10.1. The minimum absolute atomic E-state index is 0.141. The normalized spacial score (nSPS) is 12.7. The first kappa shape index (κ1) is 21.2. The van der Waals surface area contributed by atoms with Crippen LogP contribution in [0, 0.1) is 13.8 Å². The van der Waals surface area contributed by atoms with Crippen molar-refractivity contribution in [2.75, 3.05) is 0 Å². The predicted molar refractivity (Wildman–Crippen MR) is 113 cm³/mol. The predicted octanol–water partition coefficient (Wildman–Crippen LogP) is 4.75. The molecule has 0 N–H and O–H groups in total. The summed E-state index contributed by atoms with van der Waals surface area (Å²) in [5, 5.41) is 0. The third kappa shape index (κ3) is 5.67. The van der Waals surface area contributed by atoms with Crippen LogP contribution < -0.4 is 0 Å². The van der Waals surface area contributed by atoms with Crippen molar-refractivity contribution in [2.24, 2.45) is 4.40 Å². The molecule has 0 radical (unpaired) electrons. The number of hydrogen-bond acceptors (Lipinski definition) is 2. The highest BCUT2D eigenvalue weighted by molar-refractivity contribution is 7.90. The average molecular weight is 387 g/mol. The third-order valence-corrected chi connectivity index (χ3v) is 5.72. The fraction of sp³-hybridized carbons (Fsp3) is 0.409. The second-order valence-corrected chi connectivity index (χ2v) is 9.16. The van der Waals surface area contributed by atoms with E-state index in [1.54, 1.807) is 24.3 Å². The van der Waals surface area contributed by atoms with Gasteiger partial charge in [0, 0.05) is 18.5 Å². The van der Waals surface area contributed by atoms with Crippen LogP contribution in [-0.4, -0.2) is 31.2 Å². The van der Waals surface area contributed by atoms with Crippen LogP contribution in [0.25, 0.3) is 0 Å². The van der Waals surface area contributed by atoms with E-state index in [0.29, 0.717) is 12.3 Å². The van der Waals surface area contributed by atoms with Crippen LogP contribution >= 0.6 is 0 Å². The summed E-state index contributed by atoms with van der Waals surface area (Å²) in [5.74, 6) is 0.575. The Labute approximate surface area is 164 Å². The first-order valence-electron chi connectivity index (χ1n) is 9.34. The van der Waals surface area contributed by atoms with Gasteiger partial charge in [-0.05, 0) is 59.2 Å². The highest BCUT2D eigenvalue weighted by Crippen LogP contribution is 2.18. The van der Waals surface area contributed by atoms with Crippen LogP contribution in [0.4, 0.5) is 0 Å². The van der Waals surface area contributed by atoms with E-state index in [4.69, 9.17) is 0 Å². The van der Waals surface area contributed by atoms with Gasteiger partial charge in [0.25, 0.3) is 10.0 Å². The number of benzene rings is 2. The van der Waals surface area contributed by atoms with Crippen molar-refractivity contribution in [3.05, 3.63) is 65.2 Å². The molecule has 0 bridgehead atoms. The van der Waals surface area contributed by atoms with E-state index >= 15 is 0 Å². The highest BCUT2D eigenvalue weighted by Gasteiger charge is 2.23. The van der Waals surface area contributed by atoms with Crippen molar-refractivity contribution in [3.63, 3.8) is 0 Å². The number of amidine groups is 1. The van der Waals surface area contributed by atoms with Crippen molar-refractivity contribution in [1.29, 1.82) is 0 Å². The zero-order valence-corrected chi connectivity index (χ0v) is 17.9. The zero-order chi connectivity index (χ0) is 20.2. The van der Waals surface area contributed by atoms with Crippen molar-refractivity contribution in [3.8, 4) is 0 Å². The summed E-state index contributed by atoms with van der Waals surface area (Å²) in [5.41, 5.74) is 3.22. The number of nitrogens with zero attached hydrogens (tertiary/aromatic N) is 2. The molecule has 4 nitrogen and oxygen atoms in total. The number of sulfonamides is 1. The lowest BCUT2D eigenvalue weighted by Crippen LogP contribution is -2.43. The molecule has 2 aromatic carbocycles. The topological polar surface area (TPSA) is 49.7 Å². The molecular formula is C22H30N2O2S. The van der Waals surface area contributed by atoms with Crippen LogP contribution in [0.1, 0.15) is 44.4 Å². The Balaban J connectivity index is 2.53. The monoisotopic (exact) mass is 386 g/mol. The maximum atomic E-state index is 12.9. The zero-order valence-electron chi connectivity index (χ0n) is 17.1. The van der Waals surface area contributed by atoms with Gasteiger partial charge in [-0.25, -0.2) is 0 Å². The largest absolute Gasteiger partial charge is 0.354 e. The lowest BCUT2D eigenvalue weighted by molar-refractivity contribution is 0.288. The molecule has 27 heavy (non-hydrogen) atoms. The fourth-order valence-electron chi connectivity index (χ4n) is 3.27. The van der Waals surface area contributed by atoms with Gasteiger partial charge in [0.1, 0.15) is 5.84 Å². The number of rotatable bonds is 6. The highest BCUT2D eigenvalue weighted by atomic mass is 32.2. The maximum Gasteiger partial charge on any atom is 0.283 e. The SMILES string of the molecule is Cc1ccc(S(=O)(=O)/N=C(/Cc2cccc(C)c2)N(C(C)C)C(C)C)cc1. The van der Waals surface area contributed by atoms with Crippen LogP contribution in [0.5, 0.6) is 0 Å². The summed E-state index contributed by atoms with van der Waals surface area (Å²) in [6.45, 7) is 12.2. The second-order valence-electron chi connectivity index (χ2n) is 7.56. The molecule has 0 fully saturated rings. The summed E-state index contributed by atoms with van der Waals surface area (Å²) in [6.07, 6.45) is 0.475. The van der Waals surface area contributed by atoms with Crippen LogP contribution in [0.3, 0.4) is 0 Å². The molecule has 2 aromatic rings. The molecule has 0 aliphatic rings. The van der Waals surface area contributed by atoms with Gasteiger partial charge in [0.2, 0.25) is 0 Å². The molecule has 0 aromatic heterocycles. The maximum absolute atomic E-state index is 12.9. The molecule has 0 aliphatic carbocycles. The molecule has 0 spiro atoms. The van der Waals surface area contributed by atoms with E-state index in [1.165, 1.54) is 0 Å². The molecule has 0 heterocycles. The molecular weight excluding hydrogens is 356 g/mol. The van der Waals surface area contributed by atoms with E-state index in [2.05, 4.69) is 43.1 Å². The first-order chi connectivity index (χ1) is 12.6. The molecule has 2 rings (SSSR count). The molecule has 0 saturated carbocycles. The Morgan fingerprint density at radius 3 is 2.04 bits per heavy atom. The Morgan fingerprint density at radius 1 is 0.926 bits per heavy atom. The van der Waals surface area contributed by atoms with Gasteiger partial charge in [-0.2, -0.15) is 8.42 Å². The molecule has 0 saturated heterocycles. The van der Waals surface area contributed by atoms with E-state index in [1.807, 2.05) is 32.0 Å². The average Bonchev–Trinajstić information content (AvgIpc) is 2.54. The van der Waals surface area contributed by atoms with E-state index < -0.39 is 10.0 Å². The van der Waals surface area contributed by atoms with Gasteiger partial charge >= 0.3 is 0 Å². The van der Waals surface area contributed by atoms with Gasteiger partial charge in [0.15, 0.2) is 0 Å². The molecule has 146 valence electrons. The molecule has 0 atom stereocenters. The first-order valence-corrected chi connectivity index (χ1v) is 10.8. The molecule has 0 amide bonds. The minimum atomic E-state index is -3.77. The van der Waals surface area contributed by atoms with Crippen molar-refractivity contribution >= 4 is 15.9 Å².